The topological polar surface area (TPSA) is 3.24 Å². The number of halogens is 1. The molecule has 0 aromatic rings. The van der Waals surface area contributed by atoms with Crippen LogP contribution in [0, 0.1) is 0 Å². The molecule has 0 radical (unpaired) electrons. The highest BCUT2D eigenvalue weighted by atomic mass is 35.5. The Morgan fingerprint density at radius 2 is 0.548 bits per heavy atom. The Bertz CT molecular complexity index is 294. The molecule has 0 aliphatic heterocycles. The van der Waals surface area contributed by atoms with E-state index in [2.05, 4.69) is 25.7 Å². The van der Waals surface area contributed by atoms with E-state index in [9.17, 15) is 0 Å². The fraction of sp³-hybridized carbons (Fsp3) is 1.00. The molecule has 1 nitrogen and oxygen atoms in total. The number of hydrogen-bond acceptors (Lipinski definition) is 1. The second-order valence-electron chi connectivity index (χ2n) is 9.86. The van der Waals surface area contributed by atoms with E-state index in [1.807, 2.05) is 0 Å². The van der Waals surface area contributed by atoms with Crippen molar-refractivity contribution in [1.82, 2.24) is 4.90 Å². The molecule has 2 heteroatoms. The molecule has 190 valence electrons. The minimum Gasteiger partial charge on any atom is -0.304 e. The molecule has 0 unspecified atom stereocenters. The molecule has 0 rings (SSSR count). The van der Waals surface area contributed by atoms with Gasteiger partial charge in [-0.15, -0.1) is 12.4 Å². The van der Waals surface area contributed by atoms with Crippen molar-refractivity contribution < 1.29 is 0 Å². The van der Waals surface area contributed by atoms with E-state index < -0.39 is 0 Å². The summed E-state index contributed by atoms with van der Waals surface area (Å²) in [6.07, 6.45) is 33.5. The van der Waals surface area contributed by atoms with Crippen molar-refractivity contribution in [2.24, 2.45) is 0 Å². The average Bonchev–Trinajstić information content (AvgIpc) is 2.76. The first-order valence-electron chi connectivity index (χ1n) is 14.6. The van der Waals surface area contributed by atoms with Crippen LogP contribution in [0.15, 0.2) is 0 Å². The predicted molar refractivity (Wildman–Crippen MR) is 147 cm³/mol. The fourth-order valence-electron chi connectivity index (χ4n) is 4.60. The quantitative estimate of drug-likeness (QED) is 0.116. The summed E-state index contributed by atoms with van der Waals surface area (Å²) in [5, 5.41) is 0. The van der Waals surface area contributed by atoms with Gasteiger partial charge in [-0.25, -0.2) is 0 Å². The van der Waals surface area contributed by atoms with Crippen LogP contribution in [-0.4, -0.2) is 24.5 Å². The first kappa shape index (κ1) is 33.4. The van der Waals surface area contributed by atoms with Crippen molar-refractivity contribution in [1.29, 1.82) is 0 Å². The third-order valence-electron chi connectivity index (χ3n) is 6.85. The van der Waals surface area contributed by atoms with Crippen molar-refractivity contribution in [2.45, 2.75) is 168 Å². The maximum atomic E-state index is 2.66. The summed E-state index contributed by atoms with van der Waals surface area (Å²) >= 11 is 0. The van der Waals surface area contributed by atoms with Crippen LogP contribution >= 0.6 is 12.4 Å². The standard InChI is InChI=1S/C29H61N.ClH/c1-4-7-9-10-11-12-13-14-15-16-17-18-19-20-21-22-23-24-25-27-29-30(6-3)28-26-8-5-2;/h4-29H2,1-3H3;1H. The van der Waals surface area contributed by atoms with Crippen molar-refractivity contribution in [3.05, 3.63) is 0 Å². The number of rotatable bonds is 26. The van der Waals surface area contributed by atoms with Crippen LogP contribution < -0.4 is 0 Å². The van der Waals surface area contributed by atoms with Gasteiger partial charge in [-0.05, 0) is 32.5 Å². The maximum absolute atomic E-state index is 2.66. The lowest BCUT2D eigenvalue weighted by Gasteiger charge is -2.20. The van der Waals surface area contributed by atoms with Gasteiger partial charge in [0.05, 0.1) is 0 Å². The molecule has 0 spiro atoms. The predicted octanol–water partition coefficient (Wildman–Crippen LogP) is 10.7. The minimum absolute atomic E-state index is 0. The largest absolute Gasteiger partial charge is 0.304 e. The van der Waals surface area contributed by atoms with Gasteiger partial charge < -0.3 is 4.90 Å². The van der Waals surface area contributed by atoms with Crippen molar-refractivity contribution >= 4 is 12.4 Å². The molecule has 0 aliphatic carbocycles. The van der Waals surface area contributed by atoms with Crippen LogP contribution in [0.25, 0.3) is 0 Å². The van der Waals surface area contributed by atoms with Crippen LogP contribution in [0.3, 0.4) is 0 Å². The van der Waals surface area contributed by atoms with Gasteiger partial charge in [-0.3, -0.25) is 0 Å². The van der Waals surface area contributed by atoms with Crippen molar-refractivity contribution in [2.75, 3.05) is 19.6 Å². The maximum Gasteiger partial charge on any atom is -0.00189 e. The smallest absolute Gasteiger partial charge is 0.00189 e. The van der Waals surface area contributed by atoms with E-state index in [1.54, 1.807) is 0 Å². The molecule has 0 aromatic heterocycles. The number of unbranched alkanes of at least 4 members (excludes halogenated alkanes) is 21. The summed E-state index contributed by atoms with van der Waals surface area (Å²) < 4.78 is 0. The molecule has 0 heterocycles. The summed E-state index contributed by atoms with van der Waals surface area (Å²) in [5.74, 6) is 0. The van der Waals surface area contributed by atoms with Gasteiger partial charge in [0.2, 0.25) is 0 Å². The van der Waals surface area contributed by atoms with Gasteiger partial charge in [0.25, 0.3) is 0 Å². The minimum atomic E-state index is 0. The lowest BCUT2D eigenvalue weighted by Crippen LogP contribution is -2.25. The number of nitrogens with zero attached hydrogens (tertiary/aromatic N) is 1. The second-order valence-corrected chi connectivity index (χ2v) is 9.86. The van der Waals surface area contributed by atoms with Crippen LogP contribution in [0.1, 0.15) is 168 Å². The monoisotopic (exact) mass is 459 g/mol. The van der Waals surface area contributed by atoms with Gasteiger partial charge in [0.1, 0.15) is 0 Å². The van der Waals surface area contributed by atoms with E-state index in [4.69, 9.17) is 0 Å². The lowest BCUT2D eigenvalue weighted by atomic mass is 10.0. The number of hydrogen-bond donors (Lipinski definition) is 0. The average molecular weight is 460 g/mol. The van der Waals surface area contributed by atoms with E-state index in [1.165, 1.54) is 167 Å². The van der Waals surface area contributed by atoms with Gasteiger partial charge in [0, 0.05) is 0 Å². The Kier molecular flexibility index (Phi) is 32.6. The molecule has 0 aliphatic rings. The highest BCUT2D eigenvalue weighted by Gasteiger charge is 2.01. The normalized spacial score (nSPS) is 11.2. The fourth-order valence-corrected chi connectivity index (χ4v) is 4.60. The molecule has 0 aromatic carbocycles. The highest BCUT2D eigenvalue weighted by Crippen LogP contribution is 2.15. The Morgan fingerprint density at radius 1 is 0.323 bits per heavy atom. The summed E-state index contributed by atoms with van der Waals surface area (Å²) in [4.78, 5) is 2.66. The van der Waals surface area contributed by atoms with E-state index in [0.29, 0.717) is 0 Å². The summed E-state index contributed by atoms with van der Waals surface area (Å²) in [6, 6.07) is 0. The van der Waals surface area contributed by atoms with E-state index in [-0.39, 0.29) is 12.4 Å². The van der Waals surface area contributed by atoms with Crippen molar-refractivity contribution in [3.8, 4) is 0 Å². The SMILES string of the molecule is CCCCCCCCCCCCCCCCCCCCCCN(CC)CCCCC.Cl. The first-order valence-corrected chi connectivity index (χ1v) is 14.6. The molecule has 0 saturated carbocycles. The molecular formula is C29H62ClN. The molecule has 0 amide bonds. The Labute approximate surface area is 205 Å². The molecular weight excluding hydrogens is 398 g/mol. The summed E-state index contributed by atoms with van der Waals surface area (Å²) in [6.45, 7) is 10.8. The van der Waals surface area contributed by atoms with E-state index in [0.717, 1.165) is 0 Å². The molecule has 0 bridgehead atoms. The van der Waals surface area contributed by atoms with Gasteiger partial charge in [-0.1, -0.05) is 156 Å². The lowest BCUT2D eigenvalue weighted by molar-refractivity contribution is 0.274. The zero-order valence-corrected chi connectivity index (χ0v) is 23.1. The zero-order valence-electron chi connectivity index (χ0n) is 22.2. The molecule has 0 saturated heterocycles. The summed E-state index contributed by atoms with van der Waals surface area (Å²) in [7, 11) is 0. The Hall–Kier alpha value is 0.250. The van der Waals surface area contributed by atoms with Gasteiger partial charge >= 0.3 is 0 Å². The third-order valence-corrected chi connectivity index (χ3v) is 6.85. The first-order chi connectivity index (χ1) is 14.8. The highest BCUT2D eigenvalue weighted by molar-refractivity contribution is 5.85. The summed E-state index contributed by atoms with van der Waals surface area (Å²) in [5.41, 5.74) is 0. The van der Waals surface area contributed by atoms with Crippen LogP contribution in [0.4, 0.5) is 0 Å². The van der Waals surface area contributed by atoms with Gasteiger partial charge in [0.15, 0.2) is 0 Å². The Morgan fingerprint density at radius 3 is 0.839 bits per heavy atom. The molecule has 0 N–H and O–H groups in total. The van der Waals surface area contributed by atoms with Crippen LogP contribution in [0.5, 0.6) is 0 Å². The van der Waals surface area contributed by atoms with Crippen molar-refractivity contribution in [3.63, 3.8) is 0 Å². The zero-order chi connectivity index (χ0) is 22.0. The Balaban J connectivity index is 0. The van der Waals surface area contributed by atoms with Gasteiger partial charge in [-0.2, -0.15) is 0 Å². The molecule has 0 fully saturated rings. The van der Waals surface area contributed by atoms with Crippen LogP contribution in [0.2, 0.25) is 0 Å². The third kappa shape index (κ3) is 28.2. The molecule has 0 atom stereocenters. The second kappa shape index (κ2) is 30.2. The van der Waals surface area contributed by atoms with Crippen LogP contribution in [-0.2, 0) is 0 Å². The van der Waals surface area contributed by atoms with E-state index >= 15 is 0 Å². The molecule has 31 heavy (non-hydrogen) atoms.